The maximum absolute atomic E-state index is 12.9. The number of piperazine rings is 1. The number of rotatable bonds is 5. The molecule has 0 bridgehead atoms. The van der Waals surface area contributed by atoms with Gasteiger partial charge in [-0.3, -0.25) is 4.79 Å². The van der Waals surface area contributed by atoms with Gasteiger partial charge < -0.3 is 15.7 Å². The number of ketones is 1. The Morgan fingerprint density at radius 2 is 1.87 bits per heavy atom. The van der Waals surface area contributed by atoms with Crippen molar-refractivity contribution in [3.05, 3.63) is 35.9 Å². The molecule has 1 aromatic rings. The fraction of sp³-hybridized carbons (Fsp3) is 0.588. The van der Waals surface area contributed by atoms with Crippen LogP contribution in [0.4, 0.5) is 0 Å². The summed E-state index contributed by atoms with van der Waals surface area (Å²) in [5.41, 5.74) is -0.554. The molecule has 23 heavy (non-hydrogen) atoms. The van der Waals surface area contributed by atoms with E-state index in [-0.39, 0.29) is 42.6 Å². The number of hydrogen-bond acceptors (Lipinski definition) is 4. The predicted octanol–water partition coefficient (Wildman–Crippen LogP) is 2.04. The van der Waals surface area contributed by atoms with Crippen LogP contribution < -0.4 is 10.6 Å². The molecule has 0 aromatic heterocycles. The van der Waals surface area contributed by atoms with Gasteiger partial charge in [0.1, 0.15) is 0 Å². The molecule has 1 saturated carbocycles. The van der Waals surface area contributed by atoms with Crippen LogP contribution in [0.5, 0.6) is 0 Å². The topological polar surface area (TPSA) is 61.4 Å². The molecule has 0 amide bonds. The van der Waals surface area contributed by atoms with Gasteiger partial charge in [0.15, 0.2) is 11.4 Å². The maximum Gasteiger partial charge on any atom is 0.170 e. The minimum Gasteiger partial charge on any atom is -0.377 e. The second kappa shape index (κ2) is 9.00. The molecule has 2 aliphatic rings. The summed E-state index contributed by atoms with van der Waals surface area (Å²) in [6.07, 6.45) is 3.37. The minimum absolute atomic E-state index is 0. The van der Waals surface area contributed by atoms with Gasteiger partial charge in [-0.2, -0.15) is 0 Å². The molecule has 3 rings (SSSR count). The number of carbonyl (C=O) groups is 1. The smallest absolute Gasteiger partial charge is 0.170 e. The molecule has 2 atom stereocenters. The molecule has 4 nitrogen and oxygen atoms in total. The highest BCUT2D eigenvalue weighted by molar-refractivity contribution is 5.89. The van der Waals surface area contributed by atoms with Gasteiger partial charge in [-0.25, -0.2) is 0 Å². The van der Waals surface area contributed by atoms with E-state index in [2.05, 4.69) is 10.6 Å². The fourth-order valence-electron chi connectivity index (χ4n) is 3.38. The summed E-state index contributed by atoms with van der Waals surface area (Å²) in [7, 11) is 0. The quantitative estimate of drug-likeness (QED) is 0.751. The zero-order valence-electron chi connectivity index (χ0n) is 13.2. The van der Waals surface area contributed by atoms with Crippen LogP contribution in [0.1, 0.15) is 31.2 Å². The maximum atomic E-state index is 12.9. The SMILES string of the molecule is Cl.Cl.O=C(CC1CNCCN1)C(O)(c1ccccc1)C1CCC1. The number of Topliss-reactive ketones (excluding diaryl/α,β-unsaturated/α-hetero) is 1. The van der Waals surface area contributed by atoms with Gasteiger partial charge in [0.05, 0.1) is 0 Å². The Morgan fingerprint density at radius 1 is 1.17 bits per heavy atom. The number of benzene rings is 1. The lowest BCUT2D eigenvalue weighted by Gasteiger charge is -2.41. The standard InChI is InChI=1S/C17H24N2O2.2ClH/c20-16(11-15-12-18-9-10-19-15)17(21,14-7-4-8-14)13-5-2-1-3-6-13;;/h1-3,5-6,14-15,18-19,21H,4,7-12H2;2*1H. The Balaban J connectivity index is 0.00000132. The van der Waals surface area contributed by atoms with E-state index in [0.717, 1.165) is 44.5 Å². The molecule has 1 heterocycles. The van der Waals surface area contributed by atoms with Crippen LogP contribution in [0.2, 0.25) is 0 Å². The fourth-order valence-corrected chi connectivity index (χ4v) is 3.38. The van der Waals surface area contributed by atoms with Crippen molar-refractivity contribution >= 4 is 30.6 Å². The average Bonchev–Trinajstić information content (AvgIpc) is 2.47. The van der Waals surface area contributed by atoms with E-state index in [4.69, 9.17) is 0 Å². The zero-order valence-corrected chi connectivity index (χ0v) is 14.8. The van der Waals surface area contributed by atoms with Crippen molar-refractivity contribution in [1.82, 2.24) is 10.6 Å². The first-order chi connectivity index (χ1) is 10.2. The highest BCUT2D eigenvalue weighted by Gasteiger charge is 2.47. The van der Waals surface area contributed by atoms with Gasteiger partial charge in [-0.15, -0.1) is 24.8 Å². The molecule has 1 aliphatic carbocycles. The molecule has 0 spiro atoms. The van der Waals surface area contributed by atoms with E-state index in [1.165, 1.54) is 0 Å². The number of hydrogen-bond donors (Lipinski definition) is 3. The Labute approximate surface area is 150 Å². The molecule has 1 aliphatic heterocycles. The van der Waals surface area contributed by atoms with Crippen LogP contribution >= 0.6 is 24.8 Å². The lowest BCUT2D eigenvalue weighted by Crippen LogP contribution is -2.53. The predicted molar refractivity (Wildman–Crippen MR) is 96.5 cm³/mol. The van der Waals surface area contributed by atoms with Gasteiger partial charge in [-0.05, 0) is 24.3 Å². The molecule has 6 heteroatoms. The molecule has 1 aromatic carbocycles. The molecule has 1 saturated heterocycles. The van der Waals surface area contributed by atoms with Gasteiger partial charge in [0.2, 0.25) is 0 Å². The van der Waals surface area contributed by atoms with E-state index >= 15 is 0 Å². The molecule has 0 radical (unpaired) electrons. The zero-order chi connectivity index (χ0) is 14.7. The number of halogens is 2. The summed E-state index contributed by atoms with van der Waals surface area (Å²) in [5, 5.41) is 17.9. The number of aliphatic hydroxyl groups is 1. The second-order valence-corrected chi connectivity index (χ2v) is 6.24. The first-order valence-corrected chi connectivity index (χ1v) is 7.96. The molecule has 130 valence electrons. The minimum atomic E-state index is -1.31. The first-order valence-electron chi connectivity index (χ1n) is 7.96. The van der Waals surface area contributed by atoms with Crippen LogP contribution in [0.15, 0.2) is 30.3 Å². The molecular weight excluding hydrogens is 335 g/mol. The Hall–Kier alpha value is -0.650. The summed E-state index contributed by atoms with van der Waals surface area (Å²) >= 11 is 0. The Morgan fingerprint density at radius 3 is 2.39 bits per heavy atom. The van der Waals surface area contributed by atoms with Gasteiger partial charge in [-0.1, -0.05) is 36.8 Å². The Kier molecular flexibility index (Phi) is 7.98. The summed E-state index contributed by atoms with van der Waals surface area (Å²) in [6, 6.07) is 9.59. The van der Waals surface area contributed by atoms with Crippen LogP contribution in [-0.2, 0) is 10.4 Å². The lowest BCUT2D eigenvalue weighted by molar-refractivity contribution is -0.150. The molecule has 2 unspecified atom stereocenters. The molecular formula is C17H26Cl2N2O2. The van der Waals surface area contributed by atoms with E-state index in [1.807, 2.05) is 30.3 Å². The van der Waals surface area contributed by atoms with E-state index < -0.39 is 5.60 Å². The van der Waals surface area contributed by atoms with Crippen molar-refractivity contribution in [3.63, 3.8) is 0 Å². The third-order valence-electron chi connectivity index (χ3n) is 4.89. The Bertz CT molecular complexity index is 491. The summed E-state index contributed by atoms with van der Waals surface area (Å²) < 4.78 is 0. The second-order valence-electron chi connectivity index (χ2n) is 6.24. The number of nitrogens with one attached hydrogen (secondary N) is 2. The van der Waals surface area contributed by atoms with Crippen LogP contribution in [0.3, 0.4) is 0 Å². The van der Waals surface area contributed by atoms with E-state index in [0.29, 0.717) is 6.42 Å². The van der Waals surface area contributed by atoms with Gasteiger partial charge in [0, 0.05) is 32.1 Å². The summed E-state index contributed by atoms with van der Waals surface area (Å²) in [6.45, 7) is 2.61. The monoisotopic (exact) mass is 360 g/mol. The van der Waals surface area contributed by atoms with Crippen molar-refractivity contribution in [2.45, 2.75) is 37.3 Å². The lowest BCUT2D eigenvalue weighted by atomic mass is 9.67. The van der Waals surface area contributed by atoms with E-state index in [1.54, 1.807) is 0 Å². The summed E-state index contributed by atoms with van der Waals surface area (Å²) in [5.74, 6) is 0.0311. The van der Waals surface area contributed by atoms with Crippen LogP contribution in [0, 0.1) is 5.92 Å². The first kappa shape index (κ1) is 20.4. The van der Waals surface area contributed by atoms with E-state index in [9.17, 15) is 9.90 Å². The van der Waals surface area contributed by atoms with Crippen molar-refractivity contribution in [2.75, 3.05) is 19.6 Å². The third-order valence-corrected chi connectivity index (χ3v) is 4.89. The van der Waals surface area contributed by atoms with Crippen LogP contribution in [-0.4, -0.2) is 36.6 Å². The molecule has 3 N–H and O–H groups in total. The third kappa shape index (κ3) is 4.25. The average molecular weight is 361 g/mol. The van der Waals surface area contributed by atoms with Crippen molar-refractivity contribution in [2.24, 2.45) is 5.92 Å². The molecule has 2 fully saturated rings. The summed E-state index contributed by atoms with van der Waals surface area (Å²) in [4.78, 5) is 12.9. The van der Waals surface area contributed by atoms with Gasteiger partial charge >= 0.3 is 0 Å². The highest BCUT2D eigenvalue weighted by atomic mass is 35.5. The highest BCUT2D eigenvalue weighted by Crippen LogP contribution is 2.43. The van der Waals surface area contributed by atoms with Crippen LogP contribution in [0.25, 0.3) is 0 Å². The normalized spacial score (nSPS) is 23.6. The van der Waals surface area contributed by atoms with Crippen molar-refractivity contribution < 1.29 is 9.90 Å². The number of carbonyl (C=O) groups excluding carboxylic acids is 1. The van der Waals surface area contributed by atoms with Gasteiger partial charge in [0.25, 0.3) is 0 Å². The van der Waals surface area contributed by atoms with Crippen molar-refractivity contribution in [3.8, 4) is 0 Å². The van der Waals surface area contributed by atoms with Crippen molar-refractivity contribution in [1.29, 1.82) is 0 Å². The largest absolute Gasteiger partial charge is 0.377 e.